The van der Waals surface area contributed by atoms with E-state index < -0.39 is 24.5 Å². The number of anilines is 1. The van der Waals surface area contributed by atoms with Crippen molar-refractivity contribution in [2.24, 2.45) is 0 Å². The lowest BCUT2D eigenvalue weighted by Crippen LogP contribution is -2.41. The van der Waals surface area contributed by atoms with Crippen LogP contribution in [0.2, 0.25) is 0 Å². The number of amides is 4. The number of carbonyl (C=O) groups excluding carboxylic acids is 4. The fourth-order valence-electron chi connectivity index (χ4n) is 2.92. The highest BCUT2D eigenvalue weighted by molar-refractivity contribution is 5.99. The first-order valence-electron chi connectivity index (χ1n) is 9.22. The molecule has 0 atom stereocenters. The fraction of sp³-hybridized carbons (Fsp3) is 0.238. The molecule has 0 aliphatic carbocycles. The van der Waals surface area contributed by atoms with Gasteiger partial charge >= 0.3 is 12.0 Å². The van der Waals surface area contributed by atoms with Gasteiger partial charge in [0.15, 0.2) is 6.61 Å². The van der Waals surface area contributed by atoms with E-state index in [0.717, 1.165) is 12.0 Å². The summed E-state index contributed by atoms with van der Waals surface area (Å²) < 4.78 is 4.96. The van der Waals surface area contributed by atoms with Crippen LogP contribution in [0.25, 0.3) is 0 Å². The summed E-state index contributed by atoms with van der Waals surface area (Å²) in [5, 5.41) is 4.64. The predicted octanol–water partition coefficient (Wildman–Crippen LogP) is 2.00. The van der Waals surface area contributed by atoms with E-state index in [1.165, 1.54) is 6.07 Å². The van der Waals surface area contributed by atoms with Crippen molar-refractivity contribution in [3.63, 3.8) is 0 Å². The van der Waals surface area contributed by atoms with Crippen LogP contribution in [0, 0.1) is 0 Å². The van der Waals surface area contributed by atoms with Crippen LogP contribution in [0.4, 0.5) is 10.5 Å². The third kappa shape index (κ3) is 5.65. The highest BCUT2D eigenvalue weighted by Gasteiger charge is 2.22. The normalized spacial score (nSPS) is 13.1. The summed E-state index contributed by atoms with van der Waals surface area (Å²) in [7, 11) is 0. The summed E-state index contributed by atoms with van der Waals surface area (Å²) in [5.41, 5.74) is 1.73. The number of benzene rings is 2. The number of hydrogen-bond donors (Lipinski definition) is 2. The topological polar surface area (TPSA) is 105 Å². The largest absolute Gasteiger partial charge is 0.452 e. The van der Waals surface area contributed by atoms with Crippen molar-refractivity contribution in [3.05, 3.63) is 65.7 Å². The number of nitrogens with one attached hydrogen (secondary N) is 2. The Morgan fingerprint density at radius 2 is 1.83 bits per heavy atom. The van der Waals surface area contributed by atoms with E-state index >= 15 is 0 Å². The minimum atomic E-state index is -0.741. The molecule has 0 unspecified atom stereocenters. The average molecular weight is 395 g/mol. The lowest BCUT2D eigenvalue weighted by molar-refractivity contribution is -0.123. The Kier molecular flexibility index (Phi) is 6.57. The zero-order chi connectivity index (χ0) is 20.6. The zero-order valence-corrected chi connectivity index (χ0v) is 15.7. The van der Waals surface area contributed by atoms with Crippen LogP contribution in [0.1, 0.15) is 28.8 Å². The molecular formula is C21H21N3O5. The van der Waals surface area contributed by atoms with Crippen molar-refractivity contribution >= 4 is 29.5 Å². The fourth-order valence-corrected chi connectivity index (χ4v) is 2.92. The highest BCUT2D eigenvalue weighted by atomic mass is 16.5. The van der Waals surface area contributed by atoms with Gasteiger partial charge in [0.25, 0.3) is 5.91 Å². The number of imide groups is 1. The van der Waals surface area contributed by atoms with Gasteiger partial charge in [0.05, 0.1) is 5.56 Å². The molecule has 3 rings (SSSR count). The zero-order valence-electron chi connectivity index (χ0n) is 15.7. The summed E-state index contributed by atoms with van der Waals surface area (Å²) in [6.45, 7) is 0.282. The first-order valence-corrected chi connectivity index (χ1v) is 9.22. The van der Waals surface area contributed by atoms with Crippen molar-refractivity contribution in [1.29, 1.82) is 0 Å². The summed E-state index contributed by atoms with van der Waals surface area (Å²) in [6, 6.07) is 15.0. The maximum Gasteiger partial charge on any atom is 0.338 e. The molecular weight excluding hydrogens is 374 g/mol. The smallest absolute Gasteiger partial charge is 0.338 e. The molecule has 0 aromatic heterocycles. The van der Waals surface area contributed by atoms with Gasteiger partial charge in [0.1, 0.15) is 0 Å². The van der Waals surface area contributed by atoms with Gasteiger partial charge < -0.3 is 15.0 Å². The van der Waals surface area contributed by atoms with E-state index in [2.05, 4.69) is 10.6 Å². The number of hydrogen-bond acceptors (Lipinski definition) is 5. The molecule has 0 bridgehead atoms. The monoisotopic (exact) mass is 395 g/mol. The molecule has 0 spiro atoms. The average Bonchev–Trinajstić information content (AvgIpc) is 3.17. The second-order valence-corrected chi connectivity index (χ2v) is 6.49. The first kappa shape index (κ1) is 20.1. The van der Waals surface area contributed by atoms with Crippen LogP contribution in [0.5, 0.6) is 0 Å². The summed E-state index contributed by atoms with van der Waals surface area (Å²) in [5.74, 6) is -1.44. The van der Waals surface area contributed by atoms with Gasteiger partial charge in [0.2, 0.25) is 5.91 Å². The van der Waals surface area contributed by atoms with E-state index in [1.807, 2.05) is 30.3 Å². The Morgan fingerprint density at radius 3 is 2.55 bits per heavy atom. The molecule has 2 aromatic rings. The number of urea groups is 1. The number of rotatable bonds is 6. The molecule has 8 nitrogen and oxygen atoms in total. The number of ether oxygens (including phenoxy) is 1. The summed E-state index contributed by atoms with van der Waals surface area (Å²) >= 11 is 0. The summed E-state index contributed by atoms with van der Waals surface area (Å²) in [6.07, 6.45) is 1.27. The second kappa shape index (κ2) is 9.50. The van der Waals surface area contributed by atoms with Crippen LogP contribution >= 0.6 is 0 Å². The Labute approximate surface area is 167 Å². The first-order chi connectivity index (χ1) is 14.0. The quantitative estimate of drug-likeness (QED) is 0.728. The molecule has 1 heterocycles. The van der Waals surface area contributed by atoms with Gasteiger partial charge in [0, 0.05) is 25.2 Å². The maximum atomic E-state index is 12.2. The van der Waals surface area contributed by atoms with Gasteiger partial charge in [-0.3, -0.25) is 14.9 Å². The van der Waals surface area contributed by atoms with Crippen LogP contribution in [0.3, 0.4) is 0 Å². The van der Waals surface area contributed by atoms with Gasteiger partial charge in [-0.25, -0.2) is 9.59 Å². The molecule has 8 heteroatoms. The molecule has 1 aliphatic rings. The Balaban J connectivity index is 1.45. The summed E-state index contributed by atoms with van der Waals surface area (Å²) in [4.78, 5) is 49.2. The Bertz CT molecular complexity index is 914. The Morgan fingerprint density at radius 1 is 1.03 bits per heavy atom. The van der Waals surface area contributed by atoms with Crippen molar-refractivity contribution < 1.29 is 23.9 Å². The van der Waals surface area contributed by atoms with Crippen molar-refractivity contribution in [2.45, 2.75) is 19.4 Å². The van der Waals surface area contributed by atoms with E-state index in [0.29, 0.717) is 18.7 Å². The van der Waals surface area contributed by atoms with Crippen LogP contribution in [-0.2, 0) is 20.9 Å². The maximum absolute atomic E-state index is 12.2. The second-order valence-electron chi connectivity index (χ2n) is 6.49. The van der Waals surface area contributed by atoms with Crippen molar-refractivity contribution in [3.8, 4) is 0 Å². The van der Waals surface area contributed by atoms with Crippen LogP contribution < -0.4 is 15.5 Å². The number of carbonyl (C=O) groups is 4. The van der Waals surface area contributed by atoms with Crippen molar-refractivity contribution in [2.75, 3.05) is 18.1 Å². The Hall–Kier alpha value is -3.68. The molecule has 1 aliphatic heterocycles. The molecule has 1 fully saturated rings. The third-order valence-electron chi connectivity index (χ3n) is 4.35. The van der Waals surface area contributed by atoms with E-state index in [-0.39, 0.29) is 18.0 Å². The van der Waals surface area contributed by atoms with Gasteiger partial charge in [-0.2, -0.15) is 0 Å². The van der Waals surface area contributed by atoms with E-state index in [9.17, 15) is 19.2 Å². The third-order valence-corrected chi connectivity index (χ3v) is 4.35. The van der Waals surface area contributed by atoms with Crippen molar-refractivity contribution in [1.82, 2.24) is 10.6 Å². The lowest BCUT2D eigenvalue weighted by atomic mass is 10.2. The number of esters is 1. The molecule has 0 radical (unpaired) electrons. The molecule has 4 amide bonds. The molecule has 29 heavy (non-hydrogen) atoms. The van der Waals surface area contributed by atoms with Gasteiger partial charge in [-0.1, -0.05) is 36.4 Å². The minimum Gasteiger partial charge on any atom is -0.452 e. The standard InChI is InChI=1S/C21H21N3O5/c25-18(23-21(28)22-13-15-6-2-1-3-7-15)14-29-20(27)16-8-4-9-17(12-16)24-11-5-10-19(24)26/h1-4,6-9,12H,5,10-11,13-14H2,(H2,22,23,25,28). The molecule has 2 N–H and O–H groups in total. The van der Waals surface area contributed by atoms with E-state index in [4.69, 9.17) is 4.74 Å². The number of nitrogens with zero attached hydrogens (tertiary/aromatic N) is 1. The highest BCUT2D eigenvalue weighted by Crippen LogP contribution is 2.22. The molecule has 150 valence electrons. The SMILES string of the molecule is O=C(COC(=O)c1cccc(N2CCCC2=O)c1)NC(=O)NCc1ccccc1. The predicted molar refractivity (Wildman–Crippen MR) is 105 cm³/mol. The molecule has 1 saturated heterocycles. The van der Waals surface area contributed by atoms with Crippen LogP contribution in [0.15, 0.2) is 54.6 Å². The lowest BCUT2D eigenvalue weighted by Gasteiger charge is -2.16. The molecule has 2 aromatic carbocycles. The minimum absolute atomic E-state index is 0.0106. The van der Waals surface area contributed by atoms with Crippen LogP contribution in [-0.4, -0.2) is 37.0 Å². The van der Waals surface area contributed by atoms with Gasteiger partial charge in [-0.05, 0) is 30.2 Å². The van der Waals surface area contributed by atoms with Gasteiger partial charge in [-0.15, -0.1) is 0 Å². The molecule has 0 saturated carbocycles. The van der Waals surface area contributed by atoms with E-state index in [1.54, 1.807) is 23.1 Å².